The number of ether oxygens (including phenoxy) is 1. The molecule has 0 amide bonds. The molecule has 1 fully saturated rings. The molecule has 1 aliphatic rings. The van der Waals surface area contributed by atoms with E-state index in [9.17, 15) is 8.42 Å². The number of sulfone groups is 1. The van der Waals surface area contributed by atoms with Gasteiger partial charge in [0.25, 0.3) is 0 Å². The van der Waals surface area contributed by atoms with Crippen LogP contribution in [-0.4, -0.2) is 40.9 Å². The van der Waals surface area contributed by atoms with Gasteiger partial charge in [-0.2, -0.15) is 0 Å². The molecule has 0 aromatic heterocycles. The first-order valence-electron chi connectivity index (χ1n) is 9.78. The van der Waals surface area contributed by atoms with Gasteiger partial charge in [0, 0.05) is 30.4 Å². The van der Waals surface area contributed by atoms with Crippen molar-refractivity contribution < 1.29 is 13.2 Å². The van der Waals surface area contributed by atoms with Gasteiger partial charge < -0.3 is 15.4 Å². The monoisotopic (exact) mass is 402 g/mol. The molecule has 0 heterocycles. The maximum atomic E-state index is 11.9. The first-order chi connectivity index (χ1) is 13.4. The van der Waals surface area contributed by atoms with Gasteiger partial charge in [0.2, 0.25) is 0 Å². The lowest BCUT2D eigenvalue weighted by atomic mass is 9.91. The quantitative estimate of drug-likeness (QED) is 0.743. The van der Waals surface area contributed by atoms with E-state index in [1.807, 2.05) is 25.2 Å². The minimum atomic E-state index is -3.23. The third-order valence-corrected chi connectivity index (χ3v) is 6.70. The van der Waals surface area contributed by atoms with Crippen molar-refractivity contribution in [3.8, 4) is 16.9 Å². The summed E-state index contributed by atoms with van der Waals surface area (Å²) in [5.41, 5.74) is 2.96. The molecule has 0 aliphatic heterocycles. The van der Waals surface area contributed by atoms with E-state index in [1.54, 1.807) is 25.3 Å². The highest BCUT2D eigenvalue weighted by molar-refractivity contribution is 7.90. The topological polar surface area (TPSA) is 67.4 Å². The van der Waals surface area contributed by atoms with Crippen LogP contribution in [0.1, 0.15) is 31.2 Å². The minimum Gasteiger partial charge on any atom is -0.496 e. The Labute approximate surface area is 168 Å². The molecular weight excluding hydrogens is 372 g/mol. The van der Waals surface area contributed by atoms with E-state index in [0.29, 0.717) is 17.0 Å². The van der Waals surface area contributed by atoms with Crippen LogP contribution in [0.3, 0.4) is 0 Å². The van der Waals surface area contributed by atoms with Gasteiger partial charge in [-0.1, -0.05) is 18.2 Å². The SMILES string of the molecule is CNC1CCC(NCc2cc(-c3cccc(S(C)(=O)=O)c3)ccc2OC)CC1. The average Bonchev–Trinajstić information content (AvgIpc) is 2.72. The zero-order valence-corrected chi connectivity index (χ0v) is 17.7. The lowest BCUT2D eigenvalue weighted by Crippen LogP contribution is -2.38. The zero-order chi connectivity index (χ0) is 20.1. The molecule has 2 aromatic carbocycles. The third kappa shape index (κ3) is 5.13. The molecule has 0 saturated heterocycles. The number of methoxy groups -OCH3 is 1. The molecule has 0 atom stereocenters. The Morgan fingerprint density at radius 3 is 2.32 bits per heavy atom. The van der Waals surface area contributed by atoms with Gasteiger partial charge in [0.05, 0.1) is 12.0 Å². The highest BCUT2D eigenvalue weighted by Gasteiger charge is 2.20. The summed E-state index contributed by atoms with van der Waals surface area (Å²) in [6, 6.07) is 14.3. The molecule has 2 N–H and O–H groups in total. The highest BCUT2D eigenvalue weighted by Crippen LogP contribution is 2.29. The normalized spacial score (nSPS) is 20.1. The number of nitrogens with one attached hydrogen (secondary N) is 2. The second kappa shape index (κ2) is 9.07. The minimum absolute atomic E-state index is 0.335. The molecule has 1 aliphatic carbocycles. The highest BCUT2D eigenvalue weighted by atomic mass is 32.2. The molecule has 0 unspecified atom stereocenters. The maximum absolute atomic E-state index is 11.9. The lowest BCUT2D eigenvalue weighted by molar-refractivity contribution is 0.315. The molecule has 28 heavy (non-hydrogen) atoms. The van der Waals surface area contributed by atoms with Gasteiger partial charge >= 0.3 is 0 Å². The Morgan fingerprint density at radius 1 is 1.00 bits per heavy atom. The van der Waals surface area contributed by atoms with E-state index in [2.05, 4.69) is 16.7 Å². The second-order valence-electron chi connectivity index (χ2n) is 7.54. The van der Waals surface area contributed by atoms with Crippen LogP contribution in [0, 0.1) is 0 Å². The van der Waals surface area contributed by atoms with Crippen LogP contribution in [0.2, 0.25) is 0 Å². The summed E-state index contributed by atoms with van der Waals surface area (Å²) in [6.45, 7) is 0.734. The van der Waals surface area contributed by atoms with Crippen molar-refractivity contribution in [3.63, 3.8) is 0 Å². The van der Waals surface area contributed by atoms with Gasteiger partial charge in [-0.3, -0.25) is 0 Å². The molecule has 0 radical (unpaired) electrons. The maximum Gasteiger partial charge on any atom is 0.175 e. The molecule has 2 aromatic rings. The summed E-state index contributed by atoms with van der Waals surface area (Å²) in [5, 5.41) is 7.03. The molecule has 0 bridgehead atoms. The van der Waals surface area contributed by atoms with Crippen LogP contribution >= 0.6 is 0 Å². The Hall–Kier alpha value is -1.89. The molecule has 3 rings (SSSR count). The largest absolute Gasteiger partial charge is 0.496 e. The fraction of sp³-hybridized carbons (Fsp3) is 0.455. The number of rotatable bonds is 7. The first-order valence-corrected chi connectivity index (χ1v) is 11.7. The molecule has 152 valence electrons. The van der Waals surface area contributed by atoms with E-state index < -0.39 is 9.84 Å². The van der Waals surface area contributed by atoms with Crippen molar-refractivity contribution in [1.29, 1.82) is 0 Å². The van der Waals surface area contributed by atoms with Gasteiger partial charge in [0.15, 0.2) is 9.84 Å². The Balaban J connectivity index is 1.77. The van der Waals surface area contributed by atoms with Crippen molar-refractivity contribution in [3.05, 3.63) is 48.0 Å². The molecule has 6 heteroatoms. The summed E-state index contributed by atoms with van der Waals surface area (Å²) in [6.07, 6.45) is 5.97. The smallest absolute Gasteiger partial charge is 0.175 e. The van der Waals surface area contributed by atoms with Crippen LogP contribution < -0.4 is 15.4 Å². The summed E-state index contributed by atoms with van der Waals surface area (Å²) in [7, 11) is 0.487. The Morgan fingerprint density at radius 2 is 1.68 bits per heavy atom. The summed E-state index contributed by atoms with van der Waals surface area (Å²) >= 11 is 0. The fourth-order valence-corrected chi connectivity index (χ4v) is 4.51. The Kier molecular flexibility index (Phi) is 6.75. The van der Waals surface area contributed by atoms with Crippen molar-refractivity contribution >= 4 is 9.84 Å². The number of hydrogen-bond acceptors (Lipinski definition) is 5. The molecule has 5 nitrogen and oxygen atoms in total. The lowest BCUT2D eigenvalue weighted by Gasteiger charge is -2.29. The van der Waals surface area contributed by atoms with Crippen LogP contribution in [0.4, 0.5) is 0 Å². The summed E-state index contributed by atoms with van der Waals surface area (Å²) < 4.78 is 29.3. The Bertz CT molecular complexity index is 904. The van der Waals surface area contributed by atoms with Crippen LogP contribution in [0.15, 0.2) is 47.4 Å². The fourth-order valence-electron chi connectivity index (χ4n) is 3.84. The molecule has 1 saturated carbocycles. The summed E-state index contributed by atoms with van der Waals surface area (Å²) in [4.78, 5) is 0.335. The van der Waals surface area contributed by atoms with Crippen molar-refractivity contribution in [1.82, 2.24) is 10.6 Å². The van der Waals surface area contributed by atoms with Crippen LogP contribution in [-0.2, 0) is 16.4 Å². The van der Waals surface area contributed by atoms with E-state index >= 15 is 0 Å². The zero-order valence-electron chi connectivity index (χ0n) is 16.9. The average molecular weight is 403 g/mol. The van der Waals surface area contributed by atoms with E-state index in [1.165, 1.54) is 31.9 Å². The third-order valence-electron chi connectivity index (χ3n) is 5.59. The van der Waals surface area contributed by atoms with Gasteiger partial charge in [-0.25, -0.2) is 8.42 Å². The van der Waals surface area contributed by atoms with E-state index in [0.717, 1.165) is 29.0 Å². The van der Waals surface area contributed by atoms with Gasteiger partial charge in [-0.15, -0.1) is 0 Å². The van der Waals surface area contributed by atoms with Gasteiger partial charge in [-0.05, 0) is 68.1 Å². The predicted molar refractivity (Wildman–Crippen MR) is 113 cm³/mol. The molecular formula is C22H30N2O3S. The second-order valence-corrected chi connectivity index (χ2v) is 9.56. The standard InChI is InChI=1S/C22H30N2O3S/c1-23-19-8-10-20(11-9-19)24-15-18-13-17(7-12-22(18)27-2)16-5-4-6-21(14-16)28(3,25)26/h4-7,12-14,19-20,23-24H,8-11,15H2,1-3H3. The predicted octanol–water partition coefficient (Wildman–Crippen LogP) is 3.39. The van der Waals surface area contributed by atoms with Crippen LogP contribution in [0.25, 0.3) is 11.1 Å². The van der Waals surface area contributed by atoms with Crippen molar-refractivity contribution in [2.45, 2.75) is 49.2 Å². The van der Waals surface area contributed by atoms with Crippen LogP contribution in [0.5, 0.6) is 5.75 Å². The molecule has 0 spiro atoms. The van der Waals surface area contributed by atoms with E-state index in [-0.39, 0.29) is 0 Å². The van der Waals surface area contributed by atoms with Crippen molar-refractivity contribution in [2.75, 3.05) is 20.4 Å². The number of benzene rings is 2. The van der Waals surface area contributed by atoms with Gasteiger partial charge in [0.1, 0.15) is 5.75 Å². The number of hydrogen-bond donors (Lipinski definition) is 2. The van der Waals surface area contributed by atoms with E-state index in [4.69, 9.17) is 4.74 Å². The van der Waals surface area contributed by atoms with Crippen molar-refractivity contribution in [2.24, 2.45) is 0 Å². The summed E-state index contributed by atoms with van der Waals surface area (Å²) in [5.74, 6) is 0.847. The first kappa shape index (κ1) is 20.8.